The maximum atomic E-state index is 13.2. The fourth-order valence-electron chi connectivity index (χ4n) is 2.15. The van der Waals surface area contributed by atoms with Gasteiger partial charge in [-0.25, -0.2) is 4.39 Å². The van der Waals surface area contributed by atoms with Crippen LogP contribution in [0.5, 0.6) is 0 Å². The van der Waals surface area contributed by atoms with Gasteiger partial charge in [0.15, 0.2) is 0 Å². The van der Waals surface area contributed by atoms with Gasteiger partial charge in [0.2, 0.25) is 0 Å². The van der Waals surface area contributed by atoms with Crippen molar-refractivity contribution in [1.82, 2.24) is 0 Å². The average Bonchev–Trinajstić information content (AvgIpc) is 2.23. The molecule has 0 amide bonds. The maximum absolute atomic E-state index is 13.2. The Bertz CT molecular complexity index is 158. The molecule has 2 unspecified atom stereocenters. The summed E-state index contributed by atoms with van der Waals surface area (Å²) in [6.07, 6.45) is 9.06. The molecule has 1 rings (SSSR count). The van der Waals surface area contributed by atoms with E-state index in [-0.39, 0.29) is 5.92 Å². The summed E-state index contributed by atoms with van der Waals surface area (Å²) in [4.78, 5) is 10.7. The summed E-state index contributed by atoms with van der Waals surface area (Å²) >= 11 is 0. The van der Waals surface area contributed by atoms with Gasteiger partial charge in [-0.15, -0.1) is 0 Å². The fourth-order valence-corrected chi connectivity index (χ4v) is 2.15. The van der Waals surface area contributed by atoms with E-state index < -0.39 is 6.17 Å². The highest BCUT2D eigenvalue weighted by atomic mass is 19.1. The highest BCUT2D eigenvalue weighted by Crippen LogP contribution is 2.21. The van der Waals surface area contributed by atoms with Gasteiger partial charge in [0.1, 0.15) is 12.5 Å². The zero-order valence-electron chi connectivity index (χ0n) is 8.88. The van der Waals surface area contributed by atoms with Crippen LogP contribution in [0.25, 0.3) is 0 Å². The van der Waals surface area contributed by atoms with Gasteiger partial charge in [-0.2, -0.15) is 0 Å². The molecule has 2 atom stereocenters. The monoisotopic (exact) mass is 200 g/mol. The Morgan fingerprint density at radius 2 is 1.43 bits per heavy atom. The largest absolute Gasteiger partial charge is 0.303 e. The summed E-state index contributed by atoms with van der Waals surface area (Å²) in [5.74, 6) is 0.195. The standard InChI is InChI=1S/C12H21FO/c13-12-8-4-2-1-3-6-11(10-14)7-5-9-12/h10-12H,1-9H2. The molecule has 0 heterocycles. The Kier molecular flexibility index (Phi) is 5.81. The van der Waals surface area contributed by atoms with E-state index in [2.05, 4.69) is 0 Å². The number of carbonyl (C=O) groups is 1. The first-order valence-electron chi connectivity index (χ1n) is 5.92. The molecule has 0 N–H and O–H groups in total. The topological polar surface area (TPSA) is 17.1 Å². The number of hydrogen-bond acceptors (Lipinski definition) is 1. The lowest BCUT2D eigenvalue weighted by Crippen LogP contribution is -2.04. The third-order valence-corrected chi connectivity index (χ3v) is 3.13. The predicted octanol–water partition coefficient (Wildman–Crippen LogP) is 3.66. The third kappa shape index (κ3) is 4.73. The minimum absolute atomic E-state index is 0.195. The van der Waals surface area contributed by atoms with Crippen LogP contribution in [0, 0.1) is 5.92 Å². The Morgan fingerprint density at radius 1 is 0.857 bits per heavy atom. The second-order valence-electron chi connectivity index (χ2n) is 4.42. The molecule has 0 bridgehead atoms. The van der Waals surface area contributed by atoms with Gasteiger partial charge in [-0.05, 0) is 32.1 Å². The molecule has 0 aromatic rings. The Labute approximate surface area is 86.1 Å². The van der Waals surface area contributed by atoms with Crippen LogP contribution in [0.4, 0.5) is 4.39 Å². The van der Waals surface area contributed by atoms with Crippen LogP contribution >= 0.6 is 0 Å². The van der Waals surface area contributed by atoms with Crippen molar-refractivity contribution in [1.29, 1.82) is 0 Å². The number of aldehydes is 1. The van der Waals surface area contributed by atoms with Crippen LogP contribution in [0.2, 0.25) is 0 Å². The molecule has 1 nitrogen and oxygen atoms in total. The van der Waals surface area contributed by atoms with Crippen molar-refractivity contribution in [2.75, 3.05) is 0 Å². The fraction of sp³-hybridized carbons (Fsp3) is 0.917. The zero-order valence-corrected chi connectivity index (χ0v) is 8.88. The second kappa shape index (κ2) is 6.97. The lowest BCUT2D eigenvalue weighted by molar-refractivity contribution is -0.111. The first-order valence-corrected chi connectivity index (χ1v) is 5.92. The summed E-state index contributed by atoms with van der Waals surface area (Å²) in [5, 5.41) is 0. The van der Waals surface area contributed by atoms with E-state index in [4.69, 9.17) is 0 Å². The van der Waals surface area contributed by atoms with Crippen molar-refractivity contribution in [3.8, 4) is 0 Å². The van der Waals surface area contributed by atoms with Gasteiger partial charge in [0.25, 0.3) is 0 Å². The molecule has 82 valence electrons. The van der Waals surface area contributed by atoms with E-state index in [1.54, 1.807) is 0 Å². The van der Waals surface area contributed by atoms with Crippen molar-refractivity contribution in [2.45, 2.75) is 64.0 Å². The lowest BCUT2D eigenvalue weighted by Gasteiger charge is -2.09. The normalized spacial score (nSPS) is 31.8. The van der Waals surface area contributed by atoms with Crippen LogP contribution in [0.15, 0.2) is 0 Å². The van der Waals surface area contributed by atoms with Gasteiger partial charge in [0, 0.05) is 5.92 Å². The Hall–Kier alpha value is -0.400. The maximum Gasteiger partial charge on any atom is 0.123 e. The molecule has 2 heteroatoms. The van der Waals surface area contributed by atoms with Crippen LogP contribution < -0.4 is 0 Å². The van der Waals surface area contributed by atoms with Crippen molar-refractivity contribution >= 4 is 6.29 Å². The Morgan fingerprint density at radius 3 is 2.14 bits per heavy atom. The summed E-state index contributed by atoms with van der Waals surface area (Å²) in [7, 11) is 0. The molecule has 1 saturated carbocycles. The van der Waals surface area contributed by atoms with Crippen LogP contribution in [0.1, 0.15) is 57.8 Å². The van der Waals surface area contributed by atoms with E-state index in [0.717, 1.165) is 57.7 Å². The SMILES string of the molecule is O=CC1CCCCCCC(F)CCC1. The highest BCUT2D eigenvalue weighted by Gasteiger charge is 2.12. The van der Waals surface area contributed by atoms with E-state index in [0.29, 0.717) is 6.42 Å². The molecule has 14 heavy (non-hydrogen) atoms. The van der Waals surface area contributed by atoms with Crippen LogP contribution in [-0.2, 0) is 4.79 Å². The average molecular weight is 200 g/mol. The molecule has 1 aliphatic carbocycles. The molecule has 0 aromatic carbocycles. The first-order chi connectivity index (χ1) is 6.83. The molecule has 1 aliphatic rings. The Balaban J connectivity index is 2.31. The molecule has 1 fully saturated rings. The molecule has 0 saturated heterocycles. The van der Waals surface area contributed by atoms with Crippen molar-refractivity contribution in [2.24, 2.45) is 5.92 Å². The smallest absolute Gasteiger partial charge is 0.123 e. The van der Waals surface area contributed by atoms with E-state index in [1.165, 1.54) is 0 Å². The number of carbonyl (C=O) groups excluding carboxylic acids is 1. The minimum Gasteiger partial charge on any atom is -0.303 e. The minimum atomic E-state index is -0.625. The van der Waals surface area contributed by atoms with Crippen LogP contribution in [-0.4, -0.2) is 12.5 Å². The van der Waals surface area contributed by atoms with Crippen molar-refractivity contribution < 1.29 is 9.18 Å². The highest BCUT2D eigenvalue weighted by molar-refractivity contribution is 5.53. The molecule has 0 aromatic heterocycles. The van der Waals surface area contributed by atoms with Crippen molar-refractivity contribution in [3.63, 3.8) is 0 Å². The van der Waals surface area contributed by atoms with Gasteiger partial charge < -0.3 is 4.79 Å². The quantitative estimate of drug-likeness (QED) is 0.590. The van der Waals surface area contributed by atoms with E-state index in [1.807, 2.05) is 0 Å². The first kappa shape index (κ1) is 11.7. The zero-order chi connectivity index (χ0) is 10.2. The number of hydrogen-bond donors (Lipinski definition) is 0. The summed E-state index contributed by atoms with van der Waals surface area (Å²) in [5.41, 5.74) is 0. The molecular weight excluding hydrogens is 179 g/mol. The van der Waals surface area contributed by atoms with Gasteiger partial charge >= 0.3 is 0 Å². The molecule has 0 aliphatic heterocycles. The van der Waals surface area contributed by atoms with Gasteiger partial charge in [-0.1, -0.05) is 25.7 Å². The van der Waals surface area contributed by atoms with Crippen molar-refractivity contribution in [3.05, 3.63) is 0 Å². The molecule has 0 radical (unpaired) electrons. The van der Waals surface area contributed by atoms with E-state index >= 15 is 0 Å². The second-order valence-corrected chi connectivity index (χ2v) is 4.42. The summed E-state index contributed by atoms with van der Waals surface area (Å²) in [6, 6.07) is 0. The molecular formula is C12H21FO. The third-order valence-electron chi connectivity index (χ3n) is 3.13. The van der Waals surface area contributed by atoms with Gasteiger partial charge in [0.05, 0.1) is 0 Å². The number of alkyl halides is 1. The summed E-state index contributed by atoms with van der Waals surface area (Å²) < 4.78 is 13.2. The number of rotatable bonds is 1. The van der Waals surface area contributed by atoms with E-state index in [9.17, 15) is 9.18 Å². The summed E-state index contributed by atoms with van der Waals surface area (Å²) in [6.45, 7) is 0. The molecule has 0 spiro atoms. The van der Waals surface area contributed by atoms with Crippen LogP contribution in [0.3, 0.4) is 0 Å². The number of halogens is 1. The van der Waals surface area contributed by atoms with Gasteiger partial charge in [-0.3, -0.25) is 0 Å². The predicted molar refractivity (Wildman–Crippen MR) is 56.0 cm³/mol. The lowest BCUT2D eigenvalue weighted by atomic mass is 9.97.